The van der Waals surface area contributed by atoms with Crippen molar-refractivity contribution in [2.45, 2.75) is 38.4 Å². The molecule has 162 valence electrons. The Hall–Kier alpha value is -2.25. The molecule has 1 aliphatic heterocycles. The molecule has 0 radical (unpaired) electrons. The molecule has 0 aliphatic carbocycles. The van der Waals surface area contributed by atoms with Gasteiger partial charge in [0, 0.05) is 25.6 Å². The van der Waals surface area contributed by atoms with E-state index >= 15 is 0 Å². The van der Waals surface area contributed by atoms with Crippen molar-refractivity contribution >= 4 is 15.9 Å². The summed E-state index contributed by atoms with van der Waals surface area (Å²) in [5.41, 5.74) is 3.05. The smallest absolute Gasteiger partial charge is 0.223 e. The van der Waals surface area contributed by atoms with Crippen LogP contribution in [0.4, 0.5) is 4.39 Å². The molecule has 1 amide bonds. The Morgan fingerprint density at radius 3 is 2.27 bits per heavy atom. The number of benzene rings is 2. The highest BCUT2D eigenvalue weighted by molar-refractivity contribution is 7.88. The maximum absolute atomic E-state index is 13.0. The Bertz CT molecular complexity index is 935. The van der Waals surface area contributed by atoms with E-state index in [2.05, 4.69) is 36.5 Å². The Morgan fingerprint density at radius 1 is 1.03 bits per heavy atom. The Morgan fingerprint density at radius 2 is 1.63 bits per heavy atom. The quantitative estimate of drug-likeness (QED) is 0.650. The van der Waals surface area contributed by atoms with E-state index in [0.717, 1.165) is 12.8 Å². The molecule has 0 spiro atoms. The van der Waals surface area contributed by atoms with Crippen LogP contribution in [0.2, 0.25) is 0 Å². The second-order valence-electron chi connectivity index (χ2n) is 7.94. The van der Waals surface area contributed by atoms with E-state index < -0.39 is 10.0 Å². The topological polar surface area (TPSA) is 66.5 Å². The first kappa shape index (κ1) is 22.4. The highest BCUT2D eigenvalue weighted by Gasteiger charge is 2.31. The van der Waals surface area contributed by atoms with Gasteiger partial charge in [-0.3, -0.25) is 4.79 Å². The first-order chi connectivity index (χ1) is 14.3. The molecule has 2 aromatic carbocycles. The monoisotopic (exact) mass is 432 g/mol. The fourth-order valence-corrected chi connectivity index (χ4v) is 5.25. The summed E-state index contributed by atoms with van der Waals surface area (Å²) in [5.74, 6) is -0.679. The predicted octanol–water partition coefficient (Wildman–Crippen LogP) is 3.42. The molecule has 2 aromatic rings. The first-order valence-electron chi connectivity index (χ1n) is 10.4. The van der Waals surface area contributed by atoms with Crippen LogP contribution in [0.3, 0.4) is 0 Å². The molecule has 0 saturated carbocycles. The van der Waals surface area contributed by atoms with Crippen LogP contribution in [0.25, 0.3) is 0 Å². The maximum atomic E-state index is 13.0. The third kappa shape index (κ3) is 6.37. The molecule has 0 bridgehead atoms. The van der Waals surface area contributed by atoms with Crippen molar-refractivity contribution in [1.82, 2.24) is 9.62 Å². The van der Waals surface area contributed by atoms with Crippen LogP contribution < -0.4 is 5.32 Å². The van der Waals surface area contributed by atoms with E-state index in [1.807, 2.05) is 0 Å². The zero-order valence-electron chi connectivity index (χ0n) is 17.3. The van der Waals surface area contributed by atoms with Crippen molar-refractivity contribution in [2.24, 2.45) is 5.92 Å². The summed E-state index contributed by atoms with van der Waals surface area (Å²) >= 11 is 0. The molecule has 0 atom stereocenters. The molecule has 1 saturated heterocycles. The Balaban J connectivity index is 1.40. The molecular formula is C23H29FN2O3S. The number of carbonyl (C=O) groups is 1. The van der Waals surface area contributed by atoms with E-state index in [1.54, 1.807) is 0 Å². The van der Waals surface area contributed by atoms with E-state index in [9.17, 15) is 17.6 Å². The molecule has 1 aliphatic rings. The molecule has 7 heteroatoms. The van der Waals surface area contributed by atoms with Gasteiger partial charge in [0.1, 0.15) is 5.82 Å². The summed E-state index contributed by atoms with van der Waals surface area (Å²) < 4.78 is 39.7. The highest BCUT2D eigenvalue weighted by Crippen LogP contribution is 2.22. The molecule has 3 rings (SSSR count). The minimum Gasteiger partial charge on any atom is -0.356 e. The molecule has 0 unspecified atom stereocenters. The number of nitrogens with one attached hydrogen (secondary N) is 1. The van der Waals surface area contributed by atoms with Crippen molar-refractivity contribution in [3.8, 4) is 0 Å². The summed E-state index contributed by atoms with van der Waals surface area (Å²) in [5, 5.41) is 2.99. The summed E-state index contributed by atoms with van der Waals surface area (Å²) in [7, 11) is -3.47. The number of halogens is 1. The van der Waals surface area contributed by atoms with Crippen LogP contribution >= 0.6 is 0 Å². The molecule has 1 heterocycles. The molecule has 5 nitrogen and oxygen atoms in total. The number of rotatable bonds is 8. The molecule has 1 N–H and O–H groups in total. The third-order valence-corrected chi connectivity index (χ3v) is 7.39. The van der Waals surface area contributed by atoms with E-state index in [-0.39, 0.29) is 23.4 Å². The Labute approximate surface area is 178 Å². The van der Waals surface area contributed by atoms with Crippen LogP contribution in [0, 0.1) is 18.7 Å². The first-order valence-corrected chi connectivity index (χ1v) is 12.0. The summed E-state index contributed by atoms with van der Waals surface area (Å²) in [4.78, 5) is 12.4. The van der Waals surface area contributed by atoms with Crippen LogP contribution in [-0.4, -0.2) is 38.3 Å². The van der Waals surface area contributed by atoms with Gasteiger partial charge in [-0.2, -0.15) is 0 Å². The van der Waals surface area contributed by atoms with E-state index in [1.165, 1.54) is 39.7 Å². The lowest BCUT2D eigenvalue weighted by Gasteiger charge is -2.30. The highest BCUT2D eigenvalue weighted by atomic mass is 32.2. The summed E-state index contributed by atoms with van der Waals surface area (Å²) in [6.07, 6.45) is 2.83. The van der Waals surface area contributed by atoms with Crippen molar-refractivity contribution < 1.29 is 17.6 Å². The zero-order valence-corrected chi connectivity index (χ0v) is 18.1. The van der Waals surface area contributed by atoms with E-state index in [4.69, 9.17) is 0 Å². The maximum Gasteiger partial charge on any atom is 0.223 e. The average Bonchev–Trinajstić information content (AvgIpc) is 2.74. The minimum atomic E-state index is -3.47. The van der Waals surface area contributed by atoms with Crippen molar-refractivity contribution in [3.63, 3.8) is 0 Å². The van der Waals surface area contributed by atoms with Gasteiger partial charge in [0.2, 0.25) is 15.9 Å². The molecule has 0 aromatic heterocycles. The largest absolute Gasteiger partial charge is 0.356 e. The molecular weight excluding hydrogens is 403 g/mol. The van der Waals surface area contributed by atoms with Crippen molar-refractivity contribution in [3.05, 3.63) is 71.0 Å². The van der Waals surface area contributed by atoms with Gasteiger partial charge >= 0.3 is 0 Å². The number of nitrogens with zero attached hydrogens (tertiary/aromatic N) is 1. The third-order valence-electron chi connectivity index (χ3n) is 5.54. The SMILES string of the molecule is Cc1ccc(CCCNC(=O)C2CCN(S(=O)(=O)Cc3ccc(F)cc3)CC2)cc1. The summed E-state index contributed by atoms with van der Waals surface area (Å²) in [6, 6.07) is 13.9. The van der Waals surface area contributed by atoms with E-state index in [0.29, 0.717) is 38.0 Å². The van der Waals surface area contributed by atoms with Gasteiger partial charge in [0.05, 0.1) is 5.75 Å². The fraction of sp³-hybridized carbons (Fsp3) is 0.435. The summed E-state index contributed by atoms with van der Waals surface area (Å²) in [6.45, 7) is 3.36. The number of amides is 1. The lowest BCUT2D eigenvalue weighted by atomic mass is 9.97. The van der Waals surface area contributed by atoms with Crippen molar-refractivity contribution in [1.29, 1.82) is 0 Å². The van der Waals surface area contributed by atoms with Gasteiger partial charge in [0.25, 0.3) is 0 Å². The van der Waals surface area contributed by atoms with Gasteiger partial charge in [-0.1, -0.05) is 42.0 Å². The van der Waals surface area contributed by atoms with Crippen LogP contribution in [0.15, 0.2) is 48.5 Å². The minimum absolute atomic E-state index is 0.00879. The second kappa shape index (κ2) is 10.2. The predicted molar refractivity (Wildman–Crippen MR) is 116 cm³/mol. The van der Waals surface area contributed by atoms with Crippen molar-refractivity contribution in [2.75, 3.05) is 19.6 Å². The van der Waals surface area contributed by atoms with Gasteiger partial charge in [-0.15, -0.1) is 0 Å². The number of carbonyl (C=O) groups excluding carboxylic acids is 1. The lowest BCUT2D eigenvalue weighted by molar-refractivity contribution is -0.126. The normalized spacial score (nSPS) is 15.8. The molecule has 30 heavy (non-hydrogen) atoms. The number of aryl methyl sites for hydroxylation is 2. The number of piperidine rings is 1. The lowest BCUT2D eigenvalue weighted by Crippen LogP contribution is -2.43. The fourth-order valence-electron chi connectivity index (χ4n) is 3.68. The second-order valence-corrected chi connectivity index (χ2v) is 9.91. The standard InChI is InChI=1S/C23H29FN2O3S/c1-18-4-6-19(7-5-18)3-2-14-25-23(27)21-12-15-26(16-13-21)30(28,29)17-20-8-10-22(24)11-9-20/h4-11,21H,2-3,12-17H2,1H3,(H,25,27). The number of hydrogen-bond donors (Lipinski definition) is 1. The average molecular weight is 433 g/mol. The number of sulfonamides is 1. The van der Waals surface area contributed by atoms with Crippen LogP contribution in [0.1, 0.15) is 36.0 Å². The van der Waals surface area contributed by atoms with Gasteiger partial charge < -0.3 is 5.32 Å². The van der Waals surface area contributed by atoms with Crippen LogP contribution in [0.5, 0.6) is 0 Å². The van der Waals surface area contributed by atoms with Crippen LogP contribution in [-0.2, 0) is 27.0 Å². The zero-order chi connectivity index (χ0) is 21.6. The Kier molecular flexibility index (Phi) is 7.61. The van der Waals surface area contributed by atoms with Gasteiger partial charge in [-0.25, -0.2) is 17.1 Å². The van der Waals surface area contributed by atoms with Gasteiger partial charge in [0.15, 0.2) is 0 Å². The van der Waals surface area contributed by atoms with Gasteiger partial charge in [-0.05, 0) is 55.9 Å². The molecule has 1 fully saturated rings. The number of hydrogen-bond acceptors (Lipinski definition) is 3.